The van der Waals surface area contributed by atoms with Crippen molar-refractivity contribution in [2.24, 2.45) is 0 Å². The molecule has 0 unspecified atom stereocenters. The van der Waals surface area contributed by atoms with Crippen LogP contribution >= 0.6 is 0 Å². The molecule has 22 valence electrons. The normalized spacial score (nSPS) is 1.50. The van der Waals surface area contributed by atoms with Gasteiger partial charge in [-0.2, -0.15) is 0 Å². The van der Waals surface area contributed by atoms with Gasteiger partial charge in [-0.15, -0.1) is 0 Å². The predicted molar refractivity (Wildman–Crippen MR) is 18.1 cm³/mol. The average molecular weight is 88.0 g/mol. The fourth-order valence-corrected chi connectivity index (χ4v) is 0. The van der Waals surface area contributed by atoms with Gasteiger partial charge < -0.3 is 1.43 Å². The van der Waals surface area contributed by atoms with Crippen LogP contribution in [0.1, 0.15) is 1.43 Å². The molecule has 0 nitrogen and oxygen atoms in total. The van der Waals surface area contributed by atoms with E-state index in [2.05, 4.69) is 0 Å². The van der Waals surface area contributed by atoms with Crippen LogP contribution in [0.25, 0.3) is 0 Å². The molecule has 0 bridgehead atoms. The van der Waals surface area contributed by atoms with E-state index in [1.54, 1.807) is 0 Å². The maximum atomic E-state index is 9.50. The van der Waals surface area contributed by atoms with Gasteiger partial charge in [0.1, 0.15) is 0 Å². The van der Waals surface area contributed by atoms with Crippen molar-refractivity contribution in [3.05, 3.63) is 0 Å². The fraction of sp³-hybridized carbons (Fsp3) is 1.00. The Morgan fingerprint density at radius 1 is 1.50 bits per heavy atom. The molecule has 0 aromatic carbocycles. The van der Waals surface area contributed by atoms with Gasteiger partial charge in [-0.05, 0) is 0 Å². The number of hydrogen-bond acceptors (Lipinski definition) is 0. The molecule has 0 atom stereocenters. The number of alkyl halides is 1. The van der Waals surface area contributed by atoms with E-state index < -0.39 is 0 Å². The van der Waals surface area contributed by atoms with Crippen LogP contribution in [-0.2, 0) is 0 Å². The Morgan fingerprint density at radius 2 is 1.50 bits per heavy atom. The van der Waals surface area contributed by atoms with Crippen molar-refractivity contribution in [3.63, 3.8) is 0 Å². The summed E-state index contributed by atoms with van der Waals surface area (Å²) in [6.45, 7) is 0. The Bertz CT molecular complexity index is 11.6. The van der Waals surface area contributed by atoms with Crippen molar-refractivity contribution >= 4 is 17.4 Å². The van der Waals surface area contributed by atoms with Gasteiger partial charge >= 0.3 is 29.6 Å². The molecule has 0 N–H and O–H groups in total. The van der Waals surface area contributed by atoms with Crippen LogP contribution in [0.2, 0.25) is 0 Å². The monoisotopic (exact) mass is 88.0 g/mol. The van der Waals surface area contributed by atoms with Crippen LogP contribution in [0.3, 0.4) is 0 Å². The van der Waals surface area contributed by atoms with Crippen LogP contribution in [-0.4, -0.2) is 24.5 Å². The third-order valence-corrected chi connectivity index (χ3v) is 0. The third kappa shape index (κ3) is 9.82. The third-order valence-electron chi connectivity index (χ3n) is 0. The molecular formula is CH7AlFNa. The second-order valence-electron chi connectivity index (χ2n) is 0. The molecule has 0 radical (unpaired) electrons. The molecule has 4 heavy (non-hydrogen) atoms. The molecule has 3 heteroatoms. The Morgan fingerprint density at radius 3 is 1.50 bits per heavy atom. The number of rotatable bonds is 0. The maximum absolute atomic E-state index is 9.50. The minimum Gasteiger partial charge on any atom is -1.00 e. The molecule has 0 heterocycles. The minimum atomic E-state index is 0. The second kappa shape index (κ2) is 25.0. The minimum absolute atomic E-state index is 0. The molecular weight excluding hydrogens is 81.0 g/mol. The van der Waals surface area contributed by atoms with Crippen molar-refractivity contribution in [3.8, 4) is 0 Å². The van der Waals surface area contributed by atoms with E-state index in [0.717, 1.165) is 0 Å². The zero-order valence-corrected chi connectivity index (χ0v) is 4.38. The van der Waals surface area contributed by atoms with Crippen LogP contribution < -0.4 is 29.6 Å². The summed E-state index contributed by atoms with van der Waals surface area (Å²) in [6.07, 6.45) is 0. The summed E-state index contributed by atoms with van der Waals surface area (Å²) in [7, 11) is 0.500. The van der Waals surface area contributed by atoms with Crippen LogP contribution in [0, 0.1) is 0 Å². The standard InChI is InChI=1S/CH3F.Al.Na.4H/c1-2;;;;;;/h1H3;;;;;;/q;;+1;;;;-1. The fourth-order valence-electron chi connectivity index (χ4n) is 0. The van der Waals surface area contributed by atoms with Crippen LogP contribution in [0.15, 0.2) is 0 Å². The van der Waals surface area contributed by atoms with E-state index in [0.29, 0.717) is 7.18 Å². The van der Waals surface area contributed by atoms with Crippen molar-refractivity contribution in [2.75, 3.05) is 7.18 Å². The number of hydrogen-bond donors (Lipinski definition) is 0. The van der Waals surface area contributed by atoms with E-state index in [1.807, 2.05) is 0 Å². The Labute approximate surface area is 59.7 Å². The summed E-state index contributed by atoms with van der Waals surface area (Å²) in [6, 6.07) is 0. The van der Waals surface area contributed by atoms with E-state index in [-0.39, 0.29) is 48.3 Å². The number of halogens is 1. The molecule has 0 aromatic rings. The molecule has 0 aromatic heterocycles. The topological polar surface area (TPSA) is 0 Å². The van der Waals surface area contributed by atoms with Crippen molar-refractivity contribution in [1.82, 2.24) is 0 Å². The molecule has 0 spiro atoms. The Hall–Kier alpha value is 1.46. The first-order chi connectivity index (χ1) is 1.00. The molecule has 0 saturated carbocycles. The maximum Gasteiger partial charge on any atom is 1.00 e. The van der Waals surface area contributed by atoms with Gasteiger partial charge in [-0.25, -0.2) is 0 Å². The first-order valence-corrected chi connectivity index (χ1v) is 0.378. The smallest absolute Gasteiger partial charge is 1.00 e. The van der Waals surface area contributed by atoms with Gasteiger partial charge in [0.05, 0.1) is 7.18 Å². The molecule has 0 saturated heterocycles. The van der Waals surface area contributed by atoms with Crippen molar-refractivity contribution in [1.29, 1.82) is 0 Å². The zero-order valence-electron chi connectivity index (χ0n) is 3.38. The van der Waals surface area contributed by atoms with Gasteiger partial charge in [0.25, 0.3) is 0 Å². The largest absolute Gasteiger partial charge is 1.00 e. The first kappa shape index (κ1) is 17.9. The van der Waals surface area contributed by atoms with E-state index in [1.165, 1.54) is 0 Å². The molecule has 0 aliphatic heterocycles. The summed E-state index contributed by atoms with van der Waals surface area (Å²) in [4.78, 5) is 0. The zero-order chi connectivity index (χ0) is 2.00. The SMILES string of the molecule is CF.[AlH3].[H-].[Na+]. The van der Waals surface area contributed by atoms with E-state index >= 15 is 0 Å². The van der Waals surface area contributed by atoms with Crippen molar-refractivity contribution in [2.45, 2.75) is 0 Å². The molecule has 0 aliphatic carbocycles. The summed E-state index contributed by atoms with van der Waals surface area (Å²) >= 11 is 0. The second-order valence-corrected chi connectivity index (χ2v) is 0. The van der Waals surface area contributed by atoms with Gasteiger partial charge in [0, 0.05) is 0 Å². The predicted octanol–water partition coefficient (Wildman–Crippen LogP) is -3.48. The Balaban J connectivity index is -0.00000000167. The van der Waals surface area contributed by atoms with Gasteiger partial charge in [0.15, 0.2) is 17.4 Å². The summed E-state index contributed by atoms with van der Waals surface area (Å²) < 4.78 is 9.50. The van der Waals surface area contributed by atoms with Crippen LogP contribution in [0.4, 0.5) is 4.39 Å². The molecule has 0 fully saturated rings. The Kier molecular flexibility index (Phi) is 112. The molecule has 0 amide bonds. The average Bonchev–Trinajstić information content (AvgIpc) is 1.00. The van der Waals surface area contributed by atoms with Gasteiger partial charge in [-0.1, -0.05) is 0 Å². The quantitative estimate of drug-likeness (QED) is 0.270. The summed E-state index contributed by atoms with van der Waals surface area (Å²) in [5, 5.41) is 0. The van der Waals surface area contributed by atoms with Gasteiger partial charge in [0.2, 0.25) is 0 Å². The summed E-state index contributed by atoms with van der Waals surface area (Å²) in [5.74, 6) is 0. The first-order valence-electron chi connectivity index (χ1n) is 0.378. The van der Waals surface area contributed by atoms with Crippen LogP contribution in [0.5, 0.6) is 0 Å². The molecule has 0 aliphatic rings. The van der Waals surface area contributed by atoms with Crippen molar-refractivity contribution < 1.29 is 35.4 Å². The van der Waals surface area contributed by atoms with E-state index in [9.17, 15) is 4.39 Å². The molecule has 0 rings (SSSR count). The van der Waals surface area contributed by atoms with E-state index in [4.69, 9.17) is 0 Å². The van der Waals surface area contributed by atoms with Gasteiger partial charge in [-0.3, -0.25) is 4.39 Å². The summed E-state index contributed by atoms with van der Waals surface area (Å²) in [5.41, 5.74) is 0.